The van der Waals surface area contributed by atoms with Crippen LogP contribution in [0.25, 0.3) is 0 Å². The van der Waals surface area contributed by atoms with Crippen LogP contribution in [-0.2, 0) is 16.4 Å². The van der Waals surface area contributed by atoms with Crippen LogP contribution >= 0.6 is 15.9 Å². The molecule has 0 saturated heterocycles. The van der Waals surface area contributed by atoms with Gasteiger partial charge in [-0.25, -0.2) is 12.8 Å². The van der Waals surface area contributed by atoms with E-state index >= 15 is 0 Å². The van der Waals surface area contributed by atoms with E-state index in [9.17, 15) is 12.8 Å². The summed E-state index contributed by atoms with van der Waals surface area (Å²) in [6, 6.07) is 11.4. The van der Waals surface area contributed by atoms with Crippen LogP contribution in [0.1, 0.15) is 5.56 Å². The minimum atomic E-state index is -3.32. The fraction of sp³-hybridized carbons (Fsp3) is 0.294. The Morgan fingerprint density at radius 3 is 2.42 bits per heavy atom. The molecule has 0 amide bonds. The largest absolute Gasteiger partial charge is 0.494 e. The lowest BCUT2D eigenvalue weighted by Crippen LogP contribution is -3.08. The molecule has 2 rings (SSSR count). The van der Waals surface area contributed by atoms with Crippen molar-refractivity contribution in [1.82, 2.24) is 0 Å². The zero-order valence-corrected chi connectivity index (χ0v) is 16.0. The number of halogens is 2. The van der Waals surface area contributed by atoms with E-state index in [2.05, 4.69) is 15.9 Å². The highest BCUT2D eigenvalue weighted by molar-refractivity contribution is 9.10. The van der Waals surface area contributed by atoms with Crippen molar-refractivity contribution in [3.63, 3.8) is 0 Å². The van der Waals surface area contributed by atoms with Gasteiger partial charge in [0, 0.05) is 10.0 Å². The third kappa shape index (κ3) is 5.03. The van der Waals surface area contributed by atoms with Crippen molar-refractivity contribution in [2.45, 2.75) is 11.4 Å². The summed E-state index contributed by atoms with van der Waals surface area (Å²) in [5.74, 6) is -0.168. The maximum absolute atomic E-state index is 13.7. The summed E-state index contributed by atoms with van der Waals surface area (Å²) in [6.45, 7) is 0.975. The normalized spacial score (nSPS) is 12.8. The second kappa shape index (κ2) is 8.09. The standard InChI is InChI=1S/C17H19BrFNO3S/c1-20(12-13-3-8-17(23-2)16(19)11-13)9-10-24(21,22)15-6-4-14(18)5-7-15/h3-8,11H,9-10,12H2,1-2H3/p+1. The molecular weight excluding hydrogens is 397 g/mol. The van der Waals surface area contributed by atoms with Crippen LogP contribution in [0.4, 0.5) is 4.39 Å². The molecular formula is C17H20BrFNO3S+. The van der Waals surface area contributed by atoms with Crippen LogP contribution in [0.3, 0.4) is 0 Å². The Kier molecular flexibility index (Phi) is 6.37. The number of quaternary nitrogens is 1. The second-order valence-corrected chi connectivity index (χ2v) is 8.65. The van der Waals surface area contributed by atoms with Crippen LogP contribution in [0, 0.1) is 5.82 Å². The Balaban J connectivity index is 1.96. The molecule has 0 aliphatic carbocycles. The molecule has 1 N–H and O–H groups in total. The Morgan fingerprint density at radius 2 is 1.83 bits per heavy atom. The Hall–Kier alpha value is -1.44. The van der Waals surface area contributed by atoms with Gasteiger partial charge >= 0.3 is 0 Å². The van der Waals surface area contributed by atoms with E-state index in [1.54, 1.807) is 36.4 Å². The monoisotopic (exact) mass is 416 g/mol. The van der Waals surface area contributed by atoms with Crippen molar-refractivity contribution in [3.8, 4) is 5.75 Å². The summed E-state index contributed by atoms with van der Waals surface area (Å²) in [7, 11) is -0.0117. The zero-order valence-electron chi connectivity index (χ0n) is 13.6. The van der Waals surface area contributed by atoms with E-state index in [1.165, 1.54) is 13.2 Å². The number of hydrogen-bond acceptors (Lipinski definition) is 3. The van der Waals surface area contributed by atoms with Gasteiger partial charge < -0.3 is 9.64 Å². The summed E-state index contributed by atoms with van der Waals surface area (Å²) >= 11 is 3.29. The van der Waals surface area contributed by atoms with E-state index < -0.39 is 15.7 Å². The molecule has 2 aromatic carbocycles. The summed E-state index contributed by atoms with van der Waals surface area (Å²) in [5, 5.41) is 0. The van der Waals surface area contributed by atoms with Gasteiger partial charge in [-0.2, -0.15) is 0 Å². The number of rotatable bonds is 7. The molecule has 0 spiro atoms. The van der Waals surface area contributed by atoms with Gasteiger partial charge in [-0.15, -0.1) is 0 Å². The Bertz CT molecular complexity index is 794. The molecule has 1 unspecified atom stereocenters. The van der Waals surface area contributed by atoms with Gasteiger partial charge in [0.2, 0.25) is 0 Å². The first-order chi connectivity index (χ1) is 11.3. The van der Waals surface area contributed by atoms with Crippen molar-refractivity contribution < 1.29 is 22.4 Å². The summed E-state index contributed by atoms with van der Waals surface area (Å²) in [4.78, 5) is 1.30. The highest BCUT2D eigenvalue weighted by Crippen LogP contribution is 2.17. The fourth-order valence-electron chi connectivity index (χ4n) is 2.33. The van der Waals surface area contributed by atoms with Gasteiger partial charge in [0.1, 0.15) is 12.3 Å². The predicted octanol–water partition coefficient (Wildman–Crippen LogP) is 2.09. The maximum Gasteiger partial charge on any atom is 0.183 e. The molecule has 7 heteroatoms. The first kappa shape index (κ1) is 18.9. The van der Waals surface area contributed by atoms with Crippen molar-refractivity contribution >= 4 is 25.8 Å². The molecule has 0 aliphatic rings. The SMILES string of the molecule is COc1ccc(C[NH+](C)CCS(=O)(=O)c2ccc(Br)cc2)cc1F. The van der Waals surface area contributed by atoms with Crippen molar-refractivity contribution in [3.05, 3.63) is 58.3 Å². The second-order valence-electron chi connectivity index (χ2n) is 5.63. The van der Waals surface area contributed by atoms with E-state index in [0.29, 0.717) is 18.0 Å². The molecule has 2 aromatic rings. The Morgan fingerprint density at radius 1 is 1.17 bits per heavy atom. The van der Waals surface area contributed by atoms with Gasteiger partial charge in [-0.3, -0.25) is 0 Å². The zero-order chi connectivity index (χ0) is 17.7. The van der Waals surface area contributed by atoms with E-state index in [0.717, 1.165) is 14.9 Å². The average molecular weight is 417 g/mol. The quantitative estimate of drug-likeness (QED) is 0.751. The number of benzene rings is 2. The lowest BCUT2D eigenvalue weighted by atomic mass is 10.2. The maximum atomic E-state index is 13.7. The van der Waals surface area contributed by atoms with Gasteiger partial charge in [0.25, 0.3) is 0 Å². The van der Waals surface area contributed by atoms with Gasteiger partial charge in [-0.1, -0.05) is 15.9 Å². The summed E-state index contributed by atoms with van der Waals surface area (Å²) in [5.41, 5.74) is 0.798. The molecule has 1 atom stereocenters. The topological polar surface area (TPSA) is 47.8 Å². The van der Waals surface area contributed by atoms with Crippen LogP contribution in [0.15, 0.2) is 51.8 Å². The number of hydrogen-bond donors (Lipinski definition) is 1. The van der Waals surface area contributed by atoms with Gasteiger partial charge in [-0.05, 0) is 42.5 Å². The number of sulfone groups is 1. The van der Waals surface area contributed by atoms with Crippen molar-refractivity contribution in [2.75, 3.05) is 26.5 Å². The first-order valence-corrected chi connectivity index (χ1v) is 9.88. The molecule has 4 nitrogen and oxygen atoms in total. The highest BCUT2D eigenvalue weighted by Gasteiger charge is 2.17. The van der Waals surface area contributed by atoms with Crippen molar-refractivity contribution in [2.24, 2.45) is 0 Å². The minimum Gasteiger partial charge on any atom is -0.494 e. The lowest BCUT2D eigenvalue weighted by Gasteiger charge is -2.15. The molecule has 0 radical (unpaired) electrons. The average Bonchev–Trinajstić information content (AvgIpc) is 2.54. The van der Waals surface area contributed by atoms with Crippen LogP contribution in [-0.4, -0.2) is 34.9 Å². The van der Waals surface area contributed by atoms with Crippen LogP contribution in [0.2, 0.25) is 0 Å². The van der Waals surface area contributed by atoms with E-state index in [4.69, 9.17) is 4.74 Å². The van der Waals surface area contributed by atoms with Crippen LogP contribution < -0.4 is 9.64 Å². The molecule has 0 aromatic heterocycles. The van der Waals surface area contributed by atoms with Crippen LogP contribution in [0.5, 0.6) is 5.75 Å². The fourth-order valence-corrected chi connectivity index (χ4v) is 3.99. The summed E-state index contributed by atoms with van der Waals surface area (Å²) in [6.07, 6.45) is 0. The van der Waals surface area contributed by atoms with E-state index in [1.807, 2.05) is 7.05 Å². The molecule has 0 saturated carbocycles. The highest BCUT2D eigenvalue weighted by atomic mass is 79.9. The van der Waals surface area contributed by atoms with Gasteiger partial charge in [0.05, 0.1) is 25.6 Å². The third-order valence-electron chi connectivity index (χ3n) is 3.69. The molecule has 0 bridgehead atoms. The minimum absolute atomic E-state index is 0.0408. The number of methoxy groups -OCH3 is 1. The summed E-state index contributed by atoms with van der Waals surface area (Å²) < 4.78 is 44.1. The molecule has 130 valence electrons. The number of nitrogens with one attached hydrogen (secondary N) is 1. The molecule has 0 fully saturated rings. The first-order valence-electron chi connectivity index (χ1n) is 7.44. The lowest BCUT2D eigenvalue weighted by molar-refractivity contribution is -0.891. The third-order valence-corrected chi connectivity index (χ3v) is 5.95. The Labute approximate surface area is 150 Å². The predicted molar refractivity (Wildman–Crippen MR) is 94.6 cm³/mol. The van der Waals surface area contributed by atoms with Gasteiger partial charge in [0.15, 0.2) is 21.4 Å². The molecule has 24 heavy (non-hydrogen) atoms. The van der Waals surface area contributed by atoms with E-state index in [-0.39, 0.29) is 11.5 Å². The number of ether oxygens (including phenoxy) is 1. The molecule has 0 aliphatic heterocycles. The molecule has 0 heterocycles. The smallest absolute Gasteiger partial charge is 0.183 e. The van der Waals surface area contributed by atoms with Crippen molar-refractivity contribution in [1.29, 1.82) is 0 Å².